The third-order valence-corrected chi connectivity index (χ3v) is 3.67. The van der Waals surface area contributed by atoms with Crippen molar-refractivity contribution in [3.63, 3.8) is 0 Å². The number of hydrogen-bond donors (Lipinski definition) is 1. The minimum Gasteiger partial charge on any atom is -0.397 e. The lowest BCUT2D eigenvalue weighted by Crippen LogP contribution is -2.09. The third-order valence-electron chi connectivity index (χ3n) is 2.47. The summed E-state index contributed by atoms with van der Waals surface area (Å²) < 4.78 is 38.0. The number of aromatic nitrogens is 1. The lowest BCUT2D eigenvalue weighted by molar-refractivity contribution is -0.141. The lowest BCUT2D eigenvalue weighted by Gasteiger charge is -2.11. The van der Waals surface area contributed by atoms with Crippen LogP contribution >= 0.6 is 34.8 Å². The molecule has 0 fully saturated rings. The van der Waals surface area contributed by atoms with E-state index >= 15 is 0 Å². The van der Waals surface area contributed by atoms with Crippen molar-refractivity contribution in [1.29, 1.82) is 0 Å². The summed E-state index contributed by atoms with van der Waals surface area (Å²) in [5.41, 5.74) is 4.88. The predicted molar refractivity (Wildman–Crippen MR) is 74.1 cm³/mol. The van der Waals surface area contributed by atoms with E-state index in [2.05, 4.69) is 4.98 Å². The fourth-order valence-corrected chi connectivity index (χ4v) is 2.15. The Bertz CT molecular complexity index is 648. The van der Waals surface area contributed by atoms with Gasteiger partial charge in [-0.1, -0.05) is 34.8 Å². The van der Waals surface area contributed by atoms with Crippen molar-refractivity contribution in [2.24, 2.45) is 0 Å². The summed E-state index contributed by atoms with van der Waals surface area (Å²) in [7, 11) is 0. The molecule has 2 aromatic rings. The zero-order chi connectivity index (χ0) is 15.1. The SMILES string of the molecule is Nc1ccc(C(F)(F)F)nc1-c1cc(Cl)c(Cl)c(Cl)c1. The molecule has 1 heterocycles. The Morgan fingerprint density at radius 3 is 2.05 bits per heavy atom. The number of anilines is 1. The number of hydrogen-bond acceptors (Lipinski definition) is 2. The van der Waals surface area contributed by atoms with Crippen LogP contribution in [0.15, 0.2) is 24.3 Å². The molecule has 0 spiro atoms. The van der Waals surface area contributed by atoms with E-state index in [1.54, 1.807) is 0 Å². The van der Waals surface area contributed by atoms with Crippen LogP contribution in [0, 0.1) is 0 Å². The van der Waals surface area contributed by atoms with E-state index in [0.29, 0.717) is 0 Å². The van der Waals surface area contributed by atoms with E-state index in [9.17, 15) is 13.2 Å². The molecule has 106 valence electrons. The van der Waals surface area contributed by atoms with Crippen LogP contribution in [-0.2, 0) is 6.18 Å². The van der Waals surface area contributed by atoms with E-state index in [1.807, 2.05) is 0 Å². The highest BCUT2D eigenvalue weighted by molar-refractivity contribution is 6.48. The first-order chi connectivity index (χ1) is 9.20. The Balaban J connectivity index is 2.63. The third kappa shape index (κ3) is 2.95. The van der Waals surface area contributed by atoms with Crippen LogP contribution in [-0.4, -0.2) is 4.98 Å². The maximum atomic E-state index is 12.7. The zero-order valence-corrected chi connectivity index (χ0v) is 11.9. The number of nitrogen functional groups attached to an aromatic ring is 1. The van der Waals surface area contributed by atoms with Gasteiger partial charge in [-0.3, -0.25) is 0 Å². The summed E-state index contributed by atoms with van der Waals surface area (Å²) in [6.45, 7) is 0. The largest absolute Gasteiger partial charge is 0.433 e. The Hall–Kier alpha value is -1.17. The molecule has 1 aromatic carbocycles. The van der Waals surface area contributed by atoms with Gasteiger partial charge in [0.15, 0.2) is 0 Å². The minimum atomic E-state index is -4.57. The summed E-state index contributed by atoms with van der Waals surface area (Å²) in [6.07, 6.45) is -4.57. The van der Waals surface area contributed by atoms with Gasteiger partial charge in [0.05, 0.1) is 26.4 Å². The van der Waals surface area contributed by atoms with Crippen LogP contribution in [0.25, 0.3) is 11.3 Å². The second-order valence-corrected chi connectivity index (χ2v) is 5.08. The Kier molecular flexibility index (Phi) is 4.04. The first-order valence-electron chi connectivity index (χ1n) is 5.19. The molecular weight excluding hydrogens is 335 g/mol. The lowest BCUT2D eigenvalue weighted by atomic mass is 10.1. The molecule has 0 saturated heterocycles. The molecule has 0 radical (unpaired) electrons. The van der Waals surface area contributed by atoms with Crippen molar-refractivity contribution in [3.8, 4) is 11.3 Å². The first-order valence-corrected chi connectivity index (χ1v) is 6.32. The molecule has 1 aromatic heterocycles. The molecule has 0 aliphatic heterocycles. The number of nitrogens with two attached hydrogens (primary N) is 1. The number of nitrogens with zero attached hydrogens (tertiary/aromatic N) is 1. The van der Waals surface area contributed by atoms with Crippen molar-refractivity contribution in [2.75, 3.05) is 5.73 Å². The topological polar surface area (TPSA) is 38.9 Å². The van der Waals surface area contributed by atoms with E-state index < -0.39 is 11.9 Å². The molecule has 2 N–H and O–H groups in total. The molecule has 0 bridgehead atoms. The van der Waals surface area contributed by atoms with E-state index in [0.717, 1.165) is 12.1 Å². The second-order valence-electron chi connectivity index (χ2n) is 3.89. The van der Waals surface area contributed by atoms with Gasteiger partial charge in [0.25, 0.3) is 0 Å². The molecule has 0 unspecified atom stereocenters. The normalized spacial score (nSPS) is 11.7. The summed E-state index contributed by atoms with van der Waals surface area (Å²) in [4.78, 5) is 3.52. The van der Waals surface area contributed by atoms with Crippen molar-refractivity contribution in [3.05, 3.63) is 45.0 Å². The van der Waals surface area contributed by atoms with Crippen LogP contribution in [0.2, 0.25) is 15.1 Å². The molecule has 0 atom stereocenters. The maximum absolute atomic E-state index is 12.7. The number of rotatable bonds is 1. The van der Waals surface area contributed by atoms with Crippen molar-refractivity contribution >= 4 is 40.5 Å². The smallest absolute Gasteiger partial charge is 0.397 e. The number of alkyl halides is 3. The van der Waals surface area contributed by atoms with Crippen LogP contribution in [0.4, 0.5) is 18.9 Å². The van der Waals surface area contributed by atoms with Gasteiger partial charge >= 0.3 is 6.18 Å². The molecular formula is C12H6Cl3F3N2. The minimum absolute atomic E-state index is 0.0553. The first kappa shape index (κ1) is 15.2. The van der Waals surface area contributed by atoms with Gasteiger partial charge < -0.3 is 5.73 Å². The average Bonchev–Trinajstić information content (AvgIpc) is 2.34. The number of benzene rings is 1. The summed E-state index contributed by atoms with van der Waals surface area (Å²) in [5, 5.41) is 0.322. The zero-order valence-electron chi connectivity index (χ0n) is 9.60. The van der Waals surface area contributed by atoms with Crippen LogP contribution in [0.3, 0.4) is 0 Å². The van der Waals surface area contributed by atoms with Crippen molar-refractivity contribution in [2.45, 2.75) is 6.18 Å². The standard InChI is InChI=1S/C12H6Cl3F3N2/c13-6-3-5(4-7(14)10(6)15)11-8(19)1-2-9(20-11)12(16,17)18/h1-4H,19H2. The quantitative estimate of drug-likeness (QED) is 0.714. The Morgan fingerprint density at radius 2 is 1.55 bits per heavy atom. The summed E-state index contributed by atoms with van der Waals surface area (Å²) in [5.74, 6) is 0. The number of pyridine rings is 1. The van der Waals surface area contributed by atoms with Gasteiger partial charge in [-0.05, 0) is 24.3 Å². The van der Waals surface area contributed by atoms with Gasteiger partial charge in [-0.15, -0.1) is 0 Å². The molecule has 0 amide bonds. The Morgan fingerprint density at radius 1 is 1.00 bits per heavy atom. The predicted octanol–water partition coefficient (Wildman–Crippen LogP) is 5.31. The summed E-state index contributed by atoms with van der Waals surface area (Å²) in [6, 6.07) is 4.64. The van der Waals surface area contributed by atoms with Crippen LogP contribution in [0.5, 0.6) is 0 Å². The van der Waals surface area contributed by atoms with E-state index in [1.165, 1.54) is 12.1 Å². The molecule has 2 nitrogen and oxygen atoms in total. The molecule has 8 heteroatoms. The van der Waals surface area contributed by atoms with Gasteiger partial charge in [0, 0.05) is 5.56 Å². The van der Waals surface area contributed by atoms with Gasteiger partial charge in [-0.25, -0.2) is 4.98 Å². The highest BCUT2D eigenvalue weighted by Gasteiger charge is 2.33. The average molecular weight is 342 g/mol. The second kappa shape index (κ2) is 5.31. The van der Waals surface area contributed by atoms with Crippen molar-refractivity contribution < 1.29 is 13.2 Å². The van der Waals surface area contributed by atoms with Gasteiger partial charge in [0.1, 0.15) is 5.69 Å². The maximum Gasteiger partial charge on any atom is 0.433 e. The fraction of sp³-hybridized carbons (Fsp3) is 0.0833. The van der Waals surface area contributed by atoms with E-state index in [4.69, 9.17) is 40.5 Å². The van der Waals surface area contributed by atoms with Crippen LogP contribution < -0.4 is 5.73 Å². The molecule has 0 saturated carbocycles. The molecule has 0 aliphatic carbocycles. The molecule has 0 aliphatic rings. The molecule has 2 rings (SSSR count). The highest BCUT2D eigenvalue weighted by atomic mass is 35.5. The Labute approximate surface area is 127 Å². The van der Waals surface area contributed by atoms with E-state index in [-0.39, 0.29) is 32.0 Å². The van der Waals surface area contributed by atoms with Crippen molar-refractivity contribution in [1.82, 2.24) is 4.98 Å². The van der Waals surface area contributed by atoms with Crippen LogP contribution in [0.1, 0.15) is 5.69 Å². The van der Waals surface area contributed by atoms with Gasteiger partial charge in [0.2, 0.25) is 0 Å². The monoisotopic (exact) mass is 340 g/mol. The van der Waals surface area contributed by atoms with Gasteiger partial charge in [-0.2, -0.15) is 13.2 Å². The molecule has 20 heavy (non-hydrogen) atoms. The number of halogens is 6. The fourth-order valence-electron chi connectivity index (χ4n) is 1.55. The highest BCUT2D eigenvalue weighted by Crippen LogP contribution is 2.37. The summed E-state index contributed by atoms with van der Waals surface area (Å²) >= 11 is 17.5.